The maximum atomic E-state index is 12.8. The van der Waals surface area contributed by atoms with Gasteiger partial charge in [-0.25, -0.2) is 0 Å². The number of carbonyl (C=O) groups is 1. The first-order valence-electron chi connectivity index (χ1n) is 6.47. The van der Waals surface area contributed by atoms with E-state index in [2.05, 4.69) is 4.98 Å². The number of halogens is 2. The number of H-pyrrole nitrogens is 1. The Labute approximate surface area is 131 Å². The van der Waals surface area contributed by atoms with E-state index in [1.165, 1.54) is 0 Å². The predicted octanol–water partition coefficient (Wildman–Crippen LogP) is 5.22. The van der Waals surface area contributed by atoms with Gasteiger partial charge in [0.2, 0.25) is 0 Å². The minimum Gasteiger partial charge on any atom is -0.466 e. The highest BCUT2D eigenvalue weighted by atomic mass is 35.5. The first-order valence-corrected chi connectivity index (χ1v) is 7.23. The Balaban J connectivity index is 2.23. The van der Waals surface area contributed by atoms with E-state index in [0.29, 0.717) is 32.3 Å². The molecule has 0 radical (unpaired) electrons. The van der Waals surface area contributed by atoms with Crippen molar-refractivity contribution in [3.63, 3.8) is 0 Å². The molecule has 5 heteroatoms. The molecule has 2 heterocycles. The Kier molecular flexibility index (Phi) is 3.34. The maximum absolute atomic E-state index is 12.8. The van der Waals surface area contributed by atoms with E-state index in [1.54, 1.807) is 25.3 Å². The van der Waals surface area contributed by atoms with Crippen LogP contribution in [0.4, 0.5) is 0 Å². The second-order valence-corrected chi connectivity index (χ2v) is 5.90. The summed E-state index contributed by atoms with van der Waals surface area (Å²) in [5.74, 6) is 1.27. The van der Waals surface area contributed by atoms with Gasteiger partial charge in [-0.15, -0.1) is 0 Å². The summed E-state index contributed by atoms with van der Waals surface area (Å²) in [4.78, 5) is 15.9. The molecular weight excluding hydrogens is 309 g/mol. The van der Waals surface area contributed by atoms with Crippen LogP contribution in [0.2, 0.25) is 10.0 Å². The molecule has 3 aromatic rings. The summed E-state index contributed by atoms with van der Waals surface area (Å²) in [5, 5.41) is 1.67. The lowest BCUT2D eigenvalue weighted by molar-refractivity contribution is 0.103. The lowest BCUT2D eigenvalue weighted by atomic mass is 9.99. The number of benzene rings is 1. The van der Waals surface area contributed by atoms with Gasteiger partial charge in [-0.1, -0.05) is 23.2 Å². The lowest BCUT2D eigenvalue weighted by Gasteiger charge is -2.02. The third-order valence-corrected chi connectivity index (χ3v) is 4.25. The maximum Gasteiger partial charge on any atom is 0.199 e. The Morgan fingerprint density at radius 2 is 1.86 bits per heavy atom. The van der Waals surface area contributed by atoms with E-state index in [0.717, 1.165) is 16.8 Å². The van der Waals surface area contributed by atoms with Gasteiger partial charge in [0.25, 0.3) is 0 Å². The molecule has 21 heavy (non-hydrogen) atoms. The third-order valence-electron chi connectivity index (χ3n) is 3.73. The van der Waals surface area contributed by atoms with E-state index >= 15 is 0 Å². The number of hydrogen-bond donors (Lipinski definition) is 1. The van der Waals surface area contributed by atoms with Crippen molar-refractivity contribution in [1.29, 1.82) is 0 Å². The molecule has 1 aromatic carbocycles. The Morgan fingerprint density at radius 1 is 1.14 bits per heavy atom. The summed E-state index contributed by atoms with van der Waals surface area (Å²) < 4.78 is 5.54. The van der Waals surface area contributed by atoms with Crippen molar-refractivity contribution in [1.82, 2.24) is 4.98 Å². The van der Waals surface area contributed by atoms with Gasteiger partial charge >= 0.3 is 0 Å². The molecule has 0 saturated heterocycles. The fraction of sp³-hybridized carbons (Fsp3) is 0.188. The Bertz CT molecular complexity index is 874. The van der Waals surface area contributed by atoms with E-state index in [4.69, 9.17) is 27.6 Å². The molecule has 0 aliphatic carbocycles. The van der Waals surface area contributed by atoms with Crippen LogP contribution >= 0.6 is 23.2 Å². The average Bonchev–Trinajstić information content (AvgIpc) is 2.91. The SMILES string of the molecule is Cc1oc(C)c(C(=O)c2c[nH]c3cc(Cl)cc(Cl)c23)c1C. The highest BCUT2D eigenvalue weighted by Gasteiger charge is 2.23. The van der Waals surface area contributed by atoms with Crippen molar-refractivity contribution in [2.75, 3.05) is 0 Å². The molecule has 0 aliphatic rings. The van der Waals surface area contributed by atoms with Crippen molar-refractivity contribution < 1.29 is 9.21 Å². The van der Waals surface area contributed by atoms with Crippen LogP contribution in [0.15, 0.2) is 22.7 Å². The van der Waals surface area contributed by atoms with Crippen molar-refractivity contribution in [2.45, 2.75) is 20.8 Å². The third kappa shape index (κ3) is 2.17. The minimum atomic E-state index is -0.0997. The summed E-state index contributed by atoms with van der Waals surface area (Å²) in [5.41, 5.74) is 2.72. The Hall–Kier alpha value is -1.71. The van der Waals surface area contributed by atoms with Crippen molar-refractivity contribution in [3.8, 4) is 0 Å². The summed E-state index contributed by atoms with van der Waals surface area (Å²) in [6.45, 7) is 5.52. The number of aromatic amines is 1. The molecule has 0 atom stereocenters. The molecule has 0 saturated carbocycles. The number of carbonyl (C=O) groups excluding carboxylic acids is 1. The molecule has 0 spiro atoms. The van der Waals surface area contributed by atoms with Gasteiger partial charge in [-0.05, 0) is 32.9 Å². The summed E-state index contributed by atoms with van der Waals surface area (Å²) >= 11 is 12.2. The number of aryl methyl sites for hydroxylation is 2. The molecule has 2 aromatic heterocycles. The quantitative estimate of drug-likeness (QED) is 0.657. The second kappa shape index (κ2) is 4.93. The standard InChI is InChI=1S/C16H13Cl2NO2/c1-7-8(2)21-9(3)14(7)16(20)11-6-19-13-5-10(17)4-12(18)15(11)13/h4-6,19H,1-3H3. The second-order valence-electron chi connectivity index (χ2n) is 5.06. The number of rotatable bonds is 2. The smallest absolute Gasteiger partial charge is 0.199 e. The number of ketones is 1. The van der Waals surface area contributed by atoms with Gasteiger partial charge in [0.05, 0.1) is 10.6 Å². The lowest BCUT2D eigenvalue weighted by Crippen LogP contribution is -2.03. The van der Waals surface area contributed by atoms with Crippen molar-refractivity contribution in [3.05, 3.63) is 56.6 Å². The minimum absolute atomic E-state index is 0.0997. The van der Waals surface area contributed by atoms with Gasteiger partial charge in [0, 0.05) is 33.2 Å². The van der Waals surface area contributed by atoms with Gasteiger partial charge in [-0.2, -0.15) is 0 Å². The van der Waals surface area contributed by atoms with E-state index in [9.17, 15) is 4.79 Å². The first kappa shape index (κ1) is 14.2. The summed E-state index contributed by atoms with van der Waals surface area (Å²) in [7, 11) is 0. The molecule has 1 N–H and O–H groups in total. The zero-order valence-electron chi connectivity index (χ0n) is 11.8. The van der Waals surface area contributed by atoms with Gasteiger partial charge in [0.15, 0.2) is 5.78 Å². The van der Waals surface area contributed by atoms with E-state index in [1.807, 2.05) is 13.8 Å². The molecule has 108 valence electrons. The highest BCUT2D eigenvalue weighted by Crippen LogP contribution is 2.33. The normalized spacial score (nSPS) is 11.3. The van der Waals surface area contributed by atoms with Crippen LogP contribution in [0.5, 0.6) is 0 Å². The zero-order chi connectivity index (χ0) is 15.3. The largest absolute Gasteiger partial charge is 0.466 e. The molecular formula is C16H13Cl2NO2. The van der Waals surface area contributed by atoms with Crippen LogP contribution in [0, 0.1) is 20.8 Å². The molecule has 0 unspecified atom stereocenters. The van der Waals surface area contributed by atoms with Crippen LogP contribution in [0.1, 0.15) is 33.0 Å². The number of furan rings is 1. The van der Waals surface area contributed by atoms with Crippen LogP contribution in [0.25, 0.3) is 10.9 Å². The van der Waals surface area contributed by atoms with Crippen molar-refractivity contribution >= 4 is 39.9 Å². The number of fused-ring (bicyclic) bond motifs is 1. The van der Waals surface area contributed by atoms with Crippen LogP contribution in [-0.4, -0.2) is 10.8 Å². The molecule has 3 rings (SSSR count). The van der Waals surface area contributed by atoms with Crippen LogP contribution < -0.4 is 0 Å². The summed E-state index contributed by atoms with van der Waals surface area (Å²) in [6, 6.07) is 3.39. The highest BCUT2D eigenvalue weighted by molar-refractivity contribution is 6.40. The number of aromatic nitrogens is 1. The van der Waals surface area contributed by atoms with Crippen LogP contribution in [-0.2, 0) is 0 Å². The van der Waals surface area contributed by atoms with Crippen molar-refractivity contribution in [2.24, 2.45) is 0 Å². The van der Waals surface area contributed by atoms with Gasteiger partial charge in [0.1, 0.15) is 11.5 Å². The van der Waals surface area contributed by atoms with E-state index in [-0.39, 0.29) is 5.78 Å². The molecule has 0 amide bonds. The van der Waals surface area contributed by atoms with E-state index < -0.39 is 0 Å². The molecule has 0 fully saturated rings. The van der Waals surface area contributed by atoms with Gasteiger partial charge in [-0.3, -0.25) is 4.79 Å². The fourth-order valence-electron chi connectivity index (χ4n) is 2.62. The van der Waals surface area contributed by atoms with Crippen LogP contribution in [0.3, 0.4) is 0 Å². The topological polar surface area (TPSA) is 46.0 Å². The zero-order valence-corrected chi connectivity index (χ0v) is 13.3. The molecule has 0 bridgehead atoms. The Morgan fingerprint density at radius 3 is 2.48 bits per heavy atom. The first-order chi connectivity index (χ1) is 9.90. The summed E-state index contributed by atoms with van der Waals surface area (Å²) in [6.07, 6.45) is 1.66. The molecule has 3 nitrogen and oxygen atoms in total. The average molecular weight is 322 g/mol. The monoisotopic (exact) mass is 321 g/mol. The predicted molar refractivity (Wildman–Crippen MR) is 84.7 cm³/mol. The number of hydrogen-bond acceptors (Lipinski definition) is 2. The fourth-order valence-corrected chi connectivity index (χ4v) is 3.22. The molecule has 0 aliphatic heterocycles. The van der Waals surface area contributed by atoms with Gasteiger partial charge < -0.3 is 9.40 Å². The number of nitrogens with one attached hydrogen (secondary N) is 1.